The molecule has 0 aliphatic carbocycles. The summed E-state index contributed by atoms with van der Waals surface area (Å²) in [6, 6.07) is 0. The quantitative estimate of drug-likeness (QED) is 0.788. The second-order valence-corrected chi connectivity index (χ2v) is 6.95. The molecule has 136 valence electrons. The maximum Gasteiger partial charge on any atom is 0.393 e. The number of hydrogen-bond acceptors (Lipinski definition) is 3. The Morgan fingerprint density at radius 1 is 1.22 bits per heavy atom. The number of carbonyl (C=O) groups is 2. The van der Waals surface area contributed by atoms with Crippen molar-refractivity contribution in [1.82, 2.24) is 10.2 Å². The van der Waals surface area contributed by atoms with Crippen molar-refractivity contribution >= 4 is 24.3 Å². The Morgan fingerprint density at radius 2 is 1.78 bits per heavy atom. The van der Waals surface area contributed by atoms with E-state index in [2.05, 4.69) is 5.32 Å². The first kappa shape index (κ1) is 22.0. The number of aliphatic carboxylic acids is 1. The molecule has 2 atom stereocenters. The number of rotatable bonds is 5. The van der Waals surface area contributed by atoms with Gasteiger partial charge in [-0.1, -0.05) is 20.8 Å². The molecular formula is C14H24ClF3N2O3. The number of carboxylic acids is 1. The van der Waals surface area contributed by atoms with Crippen molar-refractivity contribution < 1.29 is 27.9 Å². The lowest BCUT2D eigenvalue weighted by molar-refractivity contribution is -0.188. The number of likely N-dealkylation sites (tertiary alicyclic amines) is 1. The van der Waals surface area contributed by atoms with E-state index in [0.29, 0.717) is 6.54 Å². The smallest absolute Gasteiger partial charge is 0.393 e. The maximum absolute atomic E-state index is 12.8. The number of hydrogen-bond donors (Lipinski definition) is 2. The van der Waals surface area contributed by atoms with Gasteiger partial charge in [0.1, 0.15) is 0 Å². The van der Waals surface area contributed by atoms with Gasteiger partial charge >= 0.3 is 12.1 Å². The summed E-state index contributed by atoms with van der Waals surface area (Å²) in [6.07, 6.45) is -3.82. The topological polar surface area (TPSA) is 69.6 Å². The van der Waals surface area contributed by atoms with Gasteiger partial charge in [0.25, 0.3) is 0 Å². The predicted molar refractivity (Wildman–Crippen MR) is 81.4 cm³/mol. The molecule has 0 radical (unpaired) electrons. The fraction of sp³-hybridized carbons (Fsp3) is 0.857. The summed E-state index contributed by atoms with van der Waals surface area (Å²) in [7, 11) is 0. The molecule has 5 nitrogen and oxygen atoms in total. The molecule has 1 aliphatic rings. The number of nitrogens with one attached hydrogen (secondary N) is 1. The molecule has 0 spiro atoms. The molecule has 0 aromatic rings. The van der Waals surface area contributed by atoms with E-state index in [1.165, 1.54) is 4.90 Å². The molecule has 9 heteroatoms. The third-order valence-electron chi connectivity index (χ3n) is 3.70. The highest BCUT2D eigenvalue weighted by atomic mass is 35.5. The Hall–Kier alpha value is -1.02. The fourth-order valence-electron chi connectivity index (χ4n) is 2.43. The van der Waals surface area contributed by atoms with Crippen LogP contribution in [-0.4, -0.2) is 54.2 Å². The van der Waals surface area contributed by atoms with Crippen LogP contribution in [0.25, 0.3) is 0 Å². The van der Waals surface area contributed by atoms with Gasteiger partial charge in [-0.3, -0.25) is 14.5 Å². The van der Waals surface area contributed by atoms with Crippen LogP contribution in [0.5, 0.6) is 0 Å². The van der Waals surface area contributed by atoms with Gasteiger partial charge in [0.2, 0.25) is 5.91 Å². The zero-order chi connectivity index (χ0) is 17.1. The van der Waals surface area contributed by atoms with Crippen LogP contribution in [0.1, 0.15) is 27.2 Å². The molecule has 2 N–H and O–H groups in total. The van der Waals surface area contributed by atoms with Gasteiger partial charge in [0.15, 0.2) is 0 Å². The molecule has 0 unspecified atom stereocenters. The van der Waals surface area contributed by atoms with Crippen molar-refractivity contribution in [3.8, 4) is 0 Å². The van der Waals surface area contributed by atoms with Crippen molar-refractivity contribution in [3.63, 3.8) is 0 Å². The van der Waals surface area contributed by atoms with E-state index >= 15 is 0 Å². The van der Waals surface area contributed by atoms with Crippen LogP contribution < -0.4 is 5.32 Å². The van der Waals surface area contributed by atoms with Crippen LogP contribution in [0.2, 0.25) is 0 Å². The first-order valence-corrected chi connectivity index (χ1v) is 7.19. The Balaban J connectivity index is 0.00000484. The summed E-state index contributed by atoms with van der Waals surface area (Å²) < 4.78 is 38.5. The zero-order valence-corrected chi connectivity index (χ0v) is 14.3. The first-order chi connectivity index (χ1) is 9.90. The van der Waals surface area contributed by atoms with Gasteiger partial charge in [-0.15, -0.1) is 12.4 Å². The van der Waals surface area contributed by atoms with Gasteiger partial charge in [0, 0.05) is 19.6 Å². The average molecular weight is 361 g/mol. The molecular weight excluding hydrogens is 337 g/mol. The second kappa shape index (κ2) is 8.19. The molecule has 1 heterocycles. The van der Waals surface area contributed by atoms with Crippen LogP contribution in [0.15, 0.2) is 0 Å². The number of amides is 1. The zero-order valence-electron chi connectivity index (χ0n) is 13.4. The first-order valence-electron chi connectivity index (χ1n) is 7.19. The van der Waals surface area contributed by atoms with E-state index in [1.807, 2.05) is 20.8 Å². The highest BCUT2D eigenvalue weighted by molar-refractivity contribution is 5.85. The van der Waals surface area contributed by atoms with E-state index in [1.54, 1.807) is 0 Å². The van der Waals surface area contributed by atoms with E-state index in [0.717, 1.165) is 6.42 Å². The van der Waals surface area contributed by atoms with Gasteiger partial charge in [-0.05, 0) is 11.8 Å². The Morgan fingerprint density at radius 3 is 2.17 bits per heavy atom. The number of nitrogens with zero attached hydrogens (tertiary/aromatic N) is 1. The lowest BCUT2D eigenvalue weighted by atomic mass is 9.92. The van der Waals surface area contributed by atoms with Crippen LogP contribution >= 0.6 is 12.4 Å². The third kappa shape index (κ3) is 7.39. The molecule has 1 amide bonds. The molecule has 0 bridgehead atoms. The van der Waals surface area contributed by atoms with Gasteiger partial charge in [-0.2, -0.15) is 13.2 Å². The standard InChI is InChI=1S/C14H23F3N2O3.ClH/c1-13(2,3)4-5-18-11(20)8-19-6-9(12(21)22)10(7-19)14(15,16)17;/h9-10H,4-8H2,1-3H3,(H,18,20)(H,21,22);1H/t9-,10-;/m1./s1. The van der Waals surface area contributed by atoms with Crippen molar-refractivity contribution in [1.29, 1.82) is 0 Å². The number of alkyl halides is 3. The Kier molecular flexibility index (Phi) is 7.83. The highest BCUT2D eigenvalue weighted by Crippen LogP contribution is 2.37. The molecule has 0 aromatic carbocycles. The minimum atomic E-state index is -4.57. The fourth-order valence-corrected chi connectivity index (χ4v) is 2.43. The predicted octanol–water partition coefficient (Wildman–Crippen LogP) is 2.16. The van der Waals surface area contributed by atoms with E-state index < -0.39 is 30.5 Å². The number of halogens is 4. The van der Waals surface area contributed by atoms with Crippen LogP contribution in [0.4, 0.5) is 13.2 Å². The van der Waals surface area contributed by atoms with Crippen LogP contribution in [0, 0.1) is 17.3 Å². The molecule has 1 rings (SSSR count). The van der Waals surface area contributed by atoms with Crippen molar-refractivity contribution in [2.45, 2.75) is 33.4 Å². The summed E-state index contributed by atoms with van der Waals surface area (Å²) in [5.41, 5.74) is 0.0523. The number of carbonyl (C=O) groups excluding carboxylic acids is 1. The second-order valence-electron chi connectivity index (χ2n) is 6.95. The molecule has 0 aromatic heterocycles. The Bertz CT molecular complexity index is 424. The van der Waals surface area contributed by atoms with Crippen molar-refractivity contribution in [3.05, 3.63) is 0 Å². The van der Waals surface area contributed by atoms with Crippen molar-refractivity contribution in [2.75, 3.05) is 26.2 Å². The van der Waals surface area contributed by atoms with Gasteiger partial charge in [0.05, 0.1) is 18.4 Å². The summed E-state index contributed by atoms with van der Waals surface area (Å²) in [6.45, 7) is 5.59. The number of carboxylic acid groups (broad SMARTS) is 1. The van der Waals surface area contributed by atoms with E-state index in [9.17, 15) is 22.8 Å². The summed E-state index contributed by atoms with van der Waals surface area (Å²) in [5.74, 6) is -5.29. The van der Waals surface area contributed by atoms with Crippen LogP contribution in [-0.2, 0) is 9.59 Å². The lowest BCUT2D eigenvalue weighted by Crippen LogP contribution is -2.38. The molecule has 1 saturated heterocycles. The Labute approximate surface area is 140 Å². The molecule has 0 saturated carbocycles. The normalized spacial score (nSPS) is 22.5. The minimum absolute atomic E-state index is 0. The lowest BCUT2D eigenvalue weighted by Gasteiger charge is -2.20. The van der Waals surface area contributed by atoms with E-state index in [-0.39, 0.29) is 36.8 Å². The third-order valence-corrected chi connectivity index (χ3v) is 3.70. The summed E-state index contributed by atoms with van der Waals surface area (Å²) >= 11 is 0. The largest absolute Gasteiger partial charge is 0.481 e. The SMILES string of the molecule is CC(C)(C)CCNC(=O)CN1C[C@@H](C(F)(F)F)[C@H](C(=O)O)C1.Cl. The van der Waals surface area contributed by atoms with Crippen molar-refractivity contribution in [2.24, 2.45) is 17.3 Å². The summed E-state index contributed by atoms with van der Waals surface area (Å²) in [5, 5.41) is 11.6. The maximum atomic E-state index is 12.8. The molecule has 23 heavy (non-hydrogen) atoms. The van der Waals surface area contributed by atoms with Crippen LogP contribution in [0.3, 0.4) is 0 Å². The molecule has 1 fully saturated rings. The van der Waals surface area contributed by atoms with E-state index in [4.69, 9.17) is 5.11 Å². The molecule has 1 aliphatic heterocycles. The average Bonchev–Trinajstić information content (AvgIpc) is 2.70. The van der Waals surface area contributed by atoms with Gasteiger partial charge in [-0.25, -0.2) is 0 Å². The summed E-state index contributed by atoms with van der Waals surface area (Å²) in [4.78, 5) is 23.9. The monoisotopic (exact) mass is 360 g/mol. The van der Waals surface area contributed by atoms with Gasteiger partial charge < -0.3 is 10.4 Å². The minimum Gasteiger partial charge on any atom is -0.481 e. The highest BCUT2D eigenvalue weighted by Gasteiger charge is 2.52.